The molecule has 2 aromatic rings. The third-order valence-corrected chi connectivity index (χ3v) is 6.21. The predicted octanol–water partition coefficient (Wildman–Crippen LogP) is 3.73. The van der Waals surface area contributed by atoms with Gasteiger partial charge in [0.05, 0.1) is 59.5 Å². The number of hydrogen-bond donors (Lipinski definition) is 1. The van der Waals surface area contributed by atoms with Crippen molar-refractivity contribution in [2.75, 3.05) is 85.8 Å². The number of benzene rings is 2. The number of rotatable bonds is 22. The minimum atomic E-state index is -0.462. The average molecular weight is 572 g/mol. The highest BCUT2D eigenvalue weighted by molar-refractivity contribution is 5.81. The molecule has 0 saturated carbocycles. The van der Waals surface area contributed by atoms with Gasteiger partial charge in [-0.15, -0.1) is 0 Å². The van der Waals surface area contributed by atoms with Gasteiger partial charge in [0, 0.05) is 25.1 Å². The van der Waals surface area contributed by atoms with Gasteiger partial charge in [-0.1, -0.05) is 55.1 Å². The summed E-state index contributed by atoms with van der Waals surface area (Å²) in [6, 6.07) is 16.5. The van der Waals surface area contributed by atoms with E-state index in [1.54, 1.807) is 0 Å². The third-order valence-electron chi connectivity index (χ3n) is 6.21. The van der Waals surface area contributed by atoms with Crippen molar-refractivity contribution in [1.82, 2.24) is 5.32 Å². The molecule has 10 nitrogen and oxygen atoms in total. The molecule has 0 aromatic heterocycles. The molecule has 1 aliphatic rings. The molecule has 1 aliphatic carbocycles. The predicted molar refractivity (Wildman–Crippen MR) is 153 cm³/mol. The normalized spacial score (nSPS) is 12.0. The Labute approximate surface area is 241 Å². The lowest BCUT2D eigenvalue weighted by Gasteiger charge is -2.14. The molecule has 10 heteroatoms. The first-order chi connectivity index (χ1) is 20.2. The smallest absolute Gasteiger partial charge is 0.407 e. The van der Waals surface area contributed by atoms with E-state index in [1.165, 1.54) is 22.3 Å². The number of amides is 1. The molecule has 0 unspecified atom stereocenters. The highest BCUT2D eigenvalue weighted by Gasteiger charge is 2.28. The van der Waals surface area contributed by atoms with Crippen LogP contribution in [0.4, 0.5) is 4.79 Å². The minimum Gasteiger partial charge on any atom is -0.460 e. The number of alkyl carbamates (subject to hydrolysis) is 1. The SMILES string of the molecule is C=CC(=O)OCCOCCOCCOCCOCCOCCCNC(=O)OCC1c2ccccc2-c2ccccc21. The molecule has 41 heavy (non-hydrogen) atoms. The first-order valence-electron chi connectivity index (χ1n) is 14.0. The average Bonchev–Trinajstić information content (AvgIpc) is 3.32. The zero-order chi connectivity index (χ0) is 29.0. The molecule has 0 bridgehead atoms. The standard InChI is InChI=1S/C31H41NO9/c1-2-30(33)40-23-22-39-21-20-38-19-18-37-17-16-36-15-14-35-13-7-12-32-31(34)41-24-29-27-10-5-3-8-25(27)26-9-4-6-11-28(26)29/h2-6,8-11,29H,1,7,12-24H2,(H,32,34). The highest BCUT2D eigenvalue weighted by Crippen LogP contribution is 2.44. The van der Waals surface area contributed by atoms with E-state index in [1.807, 2.05) is 24.3 Å². The maximum atomic E-state index is 12.2. The molecule has 0 radical (unpaired) electrons. The summed E-state index contributed by atoms with van der Waals surface area (Å²) in [6.45, 7) is 8.79. The van der Waals surface area contributed by atoms with E-state index in [4.69, 9.17) is 33.2 Å². The van der Waals surface area contributed by atoms with Crippen molar-refractivity contribution in [1.29, 1.82) is 0 Å². The van der Waals surface area contributed by atoms with Crippen LogP contribution in [0.1, 0.15) is 23.5 Å². The summed E-state index contributed by atoms with van der Waals surface area (Å²) in [5, 5.41) is 2.79. The number of carbonyl (C=O) groups is 2. The van der Waals surface area contributed by atoms with Crippen LogP contribution in [0.3, 0.4) is 0 Å². The molecule has 0 spiro atoms. The quantitative estimate of drug-likeness (QED) is 0.128. The Bertz CT molecular complexity index is 1020. The van der Waals surface area contributed by atoms with Crippen LogP contribution < -0.4 is 5.32 Å². The largest absolute Gasteiger partial charge is 0.460 e. The van der Waals surface area contributed by atoms with Crippen molar-refractivity contribution < 1.29 is 42.7 Å². The molecule has 0 atom stereocenters. The van der Waals surface area contributed by atoms with Gasteiger partial charge in [0.2, 0.25) is 0 Å². The van der Waals surface area contributed by atoms with E-state index >= 15 is 0 Å². The topological polar surface area (TPSA) is 111 Å². The summed E-state index contributed by atoms with van der Waals surface area (Å²) in [5.41, 5.74) is 4.80. The molecule has 224 valence electrons. The maximum Gasteiger partial charge on any atom is 0.407 e. The third kappa shape index (κ3) is 12.0. The van der Waals surface area contributed by atoms with Crippen LogP contribution in [0, 0.1) is 0 Å². The van der Waals surface area contributed by atoms with Gasteiger partial charge in [-0.25, -0.2) is 9.59 Å². The number of ether oxygens (including phenoxy) is 7. The van der Waals surface area contributed by atoms with Crippen LogP contribution in [-0.2, 0) is 38.0 Å². The van der Waals surface area contributed by atoms with Gasteiger partial charge in [-0.3, -0.25) is 0 Å². The van der Waals surface area contributed by atoms with Crippen molar-refractivity contribution in [3.63, 3.8) is 0 Å². The Balaban J connectivity index is 1.07. The lowest BCUT2D eigenvalue weighted by atomic mass is 9.98. The molecule has 1 amide bonds. The maximum absolute atomic E-state index is 12.2. The fraction of sp³-hybridized carbons (Fsp3) is 0.484. The molecule has 3 rings (SSSR count). The monoisotopic (exact) mass is 571 g/mol. The van der Waals surface area contributed by atoms with E-state index in [-0.39, 0.29) is 12.5 Å². The molecular weight excluding hydrogens is 530 g/mol. The lowest BCUT2D eigenvalue weighted by molar-refractivity contribution is -0.139. The van der Waals surface area contributed by atoms with Crippen LogP contribution in [0.2, 0.25) is 0 Å². The second-order valence-electron chi connectivity index (χ2n) is 9.04. The number of nitrogens with one attached hydrogen (secondary N) is 1. The van der Waals surface area contributed by atoms with Gasteiger partial charge in [0.25, 0.3) is 0 Å². The summed E-state index contributed by atoms with van der Waals surface area (Å²) in [6.07, 6.45) is 1.38. The Hall–Kier alpha value is -3.28. The van der Waals surface area contributed by atoms with E-state index in [0.29, 0.717) is 85.6 Å². The van der Waals surface area contributed by atoms with Gasteiger partial charge in [-0.2, -0.15) is 0 Å². The van der Waals surface area contributed by atoms with Crippen LogP contribution in [0.25, 0.3) is 11.1 Å². The molecule has 0 fully saturated rings. The molecule has 1 N–H and O–H groups in total. The number of fused-ring (bicyclic) bond motifs is 3. The summed E-state index contributed by atoms with van der Waals surface area (Å²) in [7, 11) is 0. The van der Waals surface area contributed by atoms with Crippen LogP contribution in [0.5, 0.6) is 0 Å². The van der Waals surface area contributed by atoms with Crippen molar-refractivity contribution >= 4 is 12.1 Å². The van der Waals surface area contributed by atoms with Crippen molar-refractivity contribution in [3.8, 4) is 11.1 Å². The summed E-state index contributed by atoms with van der Waals surface area (Å²) >= 11 is 0. The fourth-order valence-electron chi connectivity index (χ4n) is 4.26. The minimum absolute atomic E-state index is 0.0506. The Morgan fingerprint density at radius 2 is 1.12 bits per heavy atom. The van der Waals surface area contributed by atoms with Gasteiger partial charge < -0.3 is 38.5 Å². The van der Waals surface area contributed by atoms with Crippen molar-refractivity contribution in [2.45, 2.75) is 12.3 Å². The number of hydrogen-bond acceptors (Lipinski definition) is 9. The molecule has 0 heterocycles. The van der Waals surface area contributed by atoms with Crippen LogP contribution in [0.15, 0.2) is 61.2 Å². The van der Waals surface area contributed by atoms with E-state index < -0.39 is 12.1 Å². The molecule has 0 saturated heterocycles. The lowest BCUT2D eigenvalue weighted by Crippen LogP contribution is -2.27. The Kier molecular flexibility index (Phi) is 15.5. The van der Waals surface area contributed by atoms with Gasteiger partial charge in [-0.05, 0) is 28.7 Å². The molecule has 2 aromatic carbocycles. The van der Waals surface area contributed by atoms with E-state index in [0.717, 1.165) is 6.08 Å². The zero-order valence-electron chi connectivity index (χ0n) is 23.6. The summed E-state index contributed by atoms with van der Waals surface area (Å²) in [5.74, 6) is -0.411. The first-order valence-corrected chi connectivity index (χ1v) is 14.0. The van der Waals surface area contributed by atoms with E-state index in [2.05, 4.69) is 36.2 Å². The second kappa shape index (κ2) is 19.7. The molecule has 0 aliphatic heterocycles. The molecular formula is C31H41NO9. The summed E-state index contributed by atoms with van der Waals surface area (Å²) < 4.78 is 37.4. The van der Waals surface area contributed by atoms with Gasteiger partial charge >= 0.3 is 12.1 Å². The van der Waals surface area contributed by atoms with Gasteiger partial charge in [0.1, 0.15) is 13.2 Å². The number of esters is 1. The van der Waals surface area contributed by atoms with Crippen molar-refractivity contribution in [3.05, 3.63) is 72.3 Å². The first kappa shape index (κ1) is 32.2. The van der Waals surface area contributed by atoms with Crippen LogP contribution >= 0.6 is 0 Å². The summed E-state index contributed by atoms with van der Waals surface area (Å²) in [4.78, 5) is 23.0. The van der Waals surface area contributed by atoms with Crippen LogP contribution in [-0.4, -0.2) is 97.9 Å². The fourth-order valence-corrected chi connectivity index (χ4v) is 4.26. The Morgan fingerprint density at radius 3 is 1.63 bits per heavy atom. The van der Waals surface area contributed by atoms with Gasteiger partial charge in [0.15, 0.2) is 0 Å². The zero-order valence-corrected chi connectivity index (χ0v) is 23.6. The second-order valence-corrected chi connectivity index (χ2v) is 9.04. The highest BCUT2D eigenvalue weighted by atomic mass is 16.6. The number of carbonyl (C=O) groups excluding carboxylic acids is 2. The van der Waals surface area contributed by atoms with Crippen molar-refractivity contribution in [2.24, 2.45) is 0 Å². The Morgan fingerprint density at radius 1 is 0.659 bits per heavy atom. The van der Waals surface area contributed by atoms with E-state index in [9.17, 15) is 9.59 Å².